The van der Waals surface area contributed by atoms with Crippen molar-refractivity contribution in [1.82, 2.24) is 5.32 Å². The maximum atomic E-state index is 10.2. The molecule has 0 radical (unpaired) electrons. The van der Waals surface area contributed by atoms with Gasteiger partial charge in [-0.2, -0.15) is 0 Å². The third-order valence-electron chi connectivity index (χ3n) is 3.98. The van der Waals surface area contributed by atoms with Crippen LogP contribution in [-0.4, -0.2) is 24.4 Å². The highest BCUT2D eigenvalue weighted by Gasteiger charge is 2.11. The second kappa shape index (κ2) is 8.14. The number of aliphatic hydroxyl groups excluding tert-OH is 1. The van der Waals surface area contributed by atoms with E-state index < -0.39 is 6.10 Å². The fourth-order valence-corrected chi connectivity index (χ4v) is 2.81. The summed E-state index contributed by atoms with van der Waals surface area (Å²) in [6.45, 7) is 9.04. The number of ether oxygens (including phenoxy) is 1. The molecule has 0 heterocycles. The normalized spacial score (nSPS) is 13.6. The number of nitrogens with one attached hydrogen (secondary N) is 1. The largest absolute Gasteiger partial charge is 0.490 e. The zero-order chi connectivity index (χ0) is 16.8. The zero-order valence-corrected chi connectivity index (χ0v) is 14.5. The minimum Gasteiger partial charge on any atom is -0.490 e. The van der Waals surface area contributed by atoms with Crippen LogP contribution in [0.3, 0.4) is 0 Å². The minimum atomic E-state index is -0.540. The maximum Gasteiger partial charge on any atom is 0.125 e. The SMILES string of the molecule is Cc1cc(C)c(OC[C@@H](O)CN[C@@H](C)c2ccccc2)c(C)c1. The molecule has 0 amide bonds. The van der Waals surface area contributed by atoms with Crippen molar-refractivity contribution in [2.24, 2.45) is 0 Å². The van der Waals surface area contributed by atoms with Gasteiger partial charge in [0.25, 0.3) is 0 Å². The number of hydrogen-bond donors (Lipinski definition) is 2. The predicted molar refractivity (Wildman–Crippen MR) is 95.0 cm³/mol. The molecule has 0 aliphatic heterocycles. The van der Waals surface area contributed by atoms with Crippen LogP contribution in [-0.2, 0) is 0 Å². The Bertz CT molecular complexity index is 602. The van der Waals surface area contributed by atoms with E-state index in [-0.39, 0.29) is 6.04 Å². The Morgan fingerprint density at radius 2 is 1.65 bits per heavy atom. The van der Waals surface area contributed by atoms with Gasteiger partial charge in [-0.15, -0.1) is 0 Å². The number of rotatable bonds is 7. The lowest BCUT2D eigenvalue weighted by atomic mass is 10.1. The van der Waals surface area contributed by atoms with E-state index in [0.717, 1.165) is 16.9 Å². The summed E-state index contributed by atoms with van der Waals surface area (Å²) < 4.78 is 5.83. The second-order valence-electron chi connectivity index (χ2n) is 6.23. The quantitative estimate of drug-likeness (QED) is 0.819. The molecule has 124 valence electrons. The molecule has 0 unspecified atom stereocenters. The van der Waals surface area contributed by atoms with Crippen molar-refractivity contribution in [2.75, 3.05) is 13.2 Å². The first-order chi connectivity index (χ1) is 11.0. The molecule has 2 aromatic rings. The van der Waals surface area contributed by atoms with Gasteiger partial charge in [0.15, 0.2) is 0 Å². The Morgan fingerprint density at radius 1 is 1.04 bits per heavy atom. The smallest absolute Gasteiger partial charge is 0.125 e. The lowest BCUT2D eigenvalue weighted by Crippen LogP contribution is -2.33. The summed E-state index contributed by atoms with van der Waals surface area (Å²) in [7, 11) is 0. The average molecular weight is 313 g/mol. The Balaban J connectivity index is 1.83. The Morgan fingerprint density at radius 3 is 2.26 bits per heavy atom. The third kappa shape index (κ3) is 5.08. The van der Waals surface area contributed by atoms with Crippen LogP contribution in [0.2, 0.25) is 0 Å². The molecule has 0 saturated carbocycles. The molecule has 2 N–H and O–H groups in total. The summed E-state index contributed by atoms with van der Waals surface area (Å²) in [5.41, 5.74) is 4.66. The van der Waals surface area contributed by atoms with Crippen molar-refractivity contribution in [3.05, 3.63) is 64.7 Å². The van der Waals surface area contributed by atoms with Gasteiger partial charge < -0.3 is 15.2 Å². The highest BCUT2D eigenvalue weighted by molar-refractivity contribution is 5.42. The van der Waals surface area contributed by atoms with Crippen LogP contribution in [0.25, 0.3) is 0 Å². The van der Waals surface area contributed by atoms with E-state index in [9.17, 15) is 5.11 Å². The van der Waals surface area contributed by atoms with E-state index >= 15 is 0 Å². The molecule has 0 bridgehead atoms. The summed E-state index contributed by atoms with van der Waals surface area (Å²) in [6, 6.07) is 14.6. The summed E-state index contributed by atoms with van der Waals surface area (Å²) in [6.07, 6.45) is -0.540. The zero-order valence-electron chi connectivity index (χ0n) is 14.5. The molecule has 2 atom stereocenters. The fourth-order valence-electron chi connectivity index (χ4n) is 2.81. The van der Waals surface area contributed by atoms with Crippen molar-refractivity contribution >= 4 is 0 Å². The average Bonchev–Trinajstić information content (AvgIpc) is 2.52. The molecule has 2 aromatic carbocycles. The van der Waals surface area contributed by atoms with Gasteiger partial charge in [0, 0.05) is 12.6 Å². The molecular formula is C20H27NO2. The Labute approximate surface area is 139 Å². The Hall–Kier alpha value is -1.84. The van der Waals surface area contributed by atoms with E-state index in [0.29, 0.717) is 13.2 Å². The van der Waals surface area contributed by atoms with Crippen molar-refractivity contribution in [3.63, 3.8) is 0 Å². The van der Waals surface area contributed by atoms with E-state index in [2.05, 4.69) is 43.4 Å². The summed E-state index contributed by atoms with van der Waals surface area (Å²) >= 11 is 0. The molecule has 3 heteroatoms. The van der Waals surface area contributed by atoms with E-state index in [1.165, 1.54) is 11.1 Å². The first kappa shape index (κ1) is 17.5. The fraction of sp³-hybridized carbons (Fsp3) is 0.400. The number of aliphatic hydroxyl groups is 1. The topological polar surface area (TPSA) is 41.5 Å². The standard InChI is InChI=1S/C20H27NO2/c1-14-10-15(2)20(16(3)11-14)23-13-19(22)12-21-17(4)18-8-6-5-7-9-18/h5-11,17,19,21-22H,12-13H2,1-4H3/t17-,19-/m0/s1. The molecular weight excluding hydrogens is 286 g/mol. The number of aryl methyl sites for hydroxylation is 3. The Kier molecular flexibility index (Phi) is 6.20. The lowest BCUT2D eigenvalue weighted by Gasteiger charge is -2.19. The van der Waals surface area contributed by atoms with E-state index in [1.807, 2.05) is 32.0 Å². The van der Waals surface area contributed by atoms with Crippen LogP contribution in [0.15, 0.2) is 42.5 Å². The molecule has 23 heavy (non-hydrogen) atoms. The summed E-state index contributed by atoms with van der Waals surface area (Å²) in [5, 5.41) is 13.5. The highest BCUT2D eigenvalue weighted by Crippen LogP contribution is 2.24. The van der Waals surface area contributed by atoms with Gasteiger partial charge in [0.1, 0.15) is 18.5 Å². The molecule has 0 saturated heterocycles. The predicted octanol–water partition coefficient (Wildman–Crippen LogP) is 3.70. The highest BCUT2D eigenvalue weighted by atomic mass is 16.5. The van der Waals surface area contributed by atoms with E-state index in [4.69, 9.17) is 4.74 Å². The number of hydrogen-bond acceptors (Lipinski definition) is 3. The molecule has 0 fully saturated rings. The van der Waals surface area contributed by atoms with Gasteiger partial charge in [0.05, 0.1) is 0 Å². The first-order valence-electron chi connectivity index (χ1n) is 8.14. The van der Waals surface area contributed by atoms with Gasteiger partial charge >= 0.3 is 0 Å². The molecule has 2 rings (SSSR count). The van der Waals surface area contributed by atoms with Gasteiger partial charge in [-0.25, -0.2) is 0 Å². The minimum absolute atomic E-state index is 0.202. The van der Waals surface area contributed by atoms with Crippen LogP contribution in [0.4, 0.5) is 0 Å². The van der Waals surface area contributed by atoms with Crippen LogP contribution in [0.5, 0.6) is 5.75 Å². The molecule has 0 spiro atoms. The van der Waals surface area contributed by atoms with E-state index in [1.54, 1.807) is 0 Å². The van der Waals surface area contributed by atoms with Crippen LogP contribution < -0.4 is 10.1 Å². The second-order valence-corrected chi connectivity index (χ2v) is 6.23. The summed E-state index contributed by atoms with van der Waals surface area (Å²) in [4.78, 5) is 0. The summed E-state index contributed by atoms with van der Waals surface area (Å²) in [5.74, 6) is 0.880. The molecule has 3 nitrogen and oxygen atoms in total. The molecule has 0 aliphatic rings. The van der Waals surface area contributed by atoms with Crippen LogP contribution >= 0.6 is 0 Å². The van der Waals surface area contributed by atoms with Gasteiger partial charge in [0.2, 0.25) is 0 Å². The van der Waals surface area contributed by atoms with Gasteiger partial charge in [-0.3, -0.25) is 0 Å². The van der Waals surface area contributed by atoms with Crippen molar-refractivity contribution < 1.29 is 9.84 Å². The molecule has 0 aliphatic carbocycles. The monoisotopic (exact) mass is 313 g/mol. The van der Waals surface area contributed by atoms with Crippen molar-refractivity contribution in [3.8, 4) is 5.75 Å². The van der Waals surface area contributed by atoms with Gasteiger partial charge in [-0.05, 0) is 44.4 Å². The first-order valence-corrected chi connectivity index (χ1v) is 8.14. The lowest BCUT2D eigenvalue weighted by molar-refractivity contribution is 0.103. The third-order valence-corrected chi connectivity index (χ3v) is 3.98. The molecule has 0 aromatic heterocycles. The van der Waals surface area contributed by atoms with Crippen LogP contribution in [0, 0.1) is 20.8 Å². The van der Waals surface area contributed by atoms with Gasteiger partial charge in [-0.1, -0.05) is 48.0 Å². The number of benzene rings is 2. The van der Waals surface area contributed by atoms with Crippen LogP contribution in [0.1, 0.15) is 35.2 Å². The van der Waals surface area contributed by atoms with Crippen molar-refractivity contribution in [2.45, 2.75) is 39.8 Å². The van der Waals surface area contributed by atoms with Crippen molar-refractivity contribution in [1.29, 1.82) is 0 Å². The maximum absolute atomic E-state index is 10.2.